The van der Waals surface area contributed by atoms with Crippen LogP contribution >= 0.6 is 0 Å². The average molecular weight is 458 g/mol. The van der Waals surface area contributed by atoms with E-state index in [4.69, 9.17) is 0 Å². The van der Waals surface area contributed by atoms with Crippen molar-refractivity contribution >= 4 is 17.6 Å². The van der Waals surface area contributed by atoms with Crippen LogP contribution in [0.25, 0.3) is 0 Å². The summed E-state index contributed by atoms with van der Waals surface area (Å²) in [6.45, 7) is 4.95. The quantitative estimate of drug-likeness (QED) is 0.718. The molecule has 1 N–H and O–H groups in total. The number of aromatic nitrogens is 2. The Morgan fingerprint density at radius 1 is 1.21 bits per heavy atom. The lowest BCUT2D eigenvalue weighted by Crippen LogP contribution is -2.49. The smallest absolute Gasteiger partial charge is 0.255 e. The molecule has 1 aliphatic carbocycles. The molecule has 4 rings (SSSR count). The van der Waals surface area contributed by atoms with Gasteiger partial charge >= 0.3 is 0 Å². The average Bonchev–Trinajstić information content (AvgIpc) is 3.27. The second-order valence-electron chi connectivity index (χ2n) is 9.53. The lowest BCUT2D eigenvalue weighted by atomic mass is 9.80. The zero-order valence-corrected chi connectivity index (χ0v) is 19.1. The summed E-state index contributed by atoms with van der Waals surface area (Å²) >= 11 is 0. The molecule has 1 saturated carbocycles. The first-order chi connectivity index (χ1) is 15.6. The molecule has 1 aliphatic heterocycles. The summed E-state index contributed by atoms with van der Waals surface area (Å²) in [5, 5.41) is 3.36. The molecule has 2 aromatic heterocycles. The van der Waals surface area contributed by atoms with Gasteiger partial charge in [-0.15, -0.1) is 0 Å². The summed E-state index contributed by atoms with van der Waals surface area (Å²) in [4.78, 5) is 37.2. The van der Waals surface area contributed by atoms with Crippen molar-refractivity contribution in [2.75, 3.05) is 25.5 Å². The lowest BCUT2D eigenvalue weighted by Gasteiger charge is -2.37. The number of anilines is 1. The fourth-order valence-electron chi connectivity index (χ4n) is 4.45. The third kappa shape index (κ3) is 4.96. The molecular weight excluding hydrogens is 428 g/mol. The number of rotatable bonds is 6. The van der Waals surface area contributed by atoms with Gasteiger partial charge in [0.05, 0.1) is 17.1 Å². The van der Waals surface area contributed by atoms with Gasteiger partial charge in [-0.05, 0) is 44.0 Å². The third-order valence-electron chi connectivity index (χ3n) is 6.62. The minimum atomic E-state index is -2.72. The van der Waals surface area contributed by atoms with Crippen LogP contribution in [0.1, 0.15) is 49.0 Å². The molecule has 2 aromatic rings. The van der Waals surface area contributed by atoms with Crippen LogP contribution in [0.5, 0.6) is 0 Å². The molecule has 176 valence electrons. The molecule has 7 nitrogen and oxygen atoms in total. The Morgan fingerprint density at radius 3 is 2.58 bits per heavy atom. The molecule has 0 aromatic carbocycles. The van der Waals surface area contributed by atoms with E-state index in [0.717, 1.165) is 5.56 Å². The Hall–Kier alpha value is -3.10. The van der Waals surface area contributed by atoms with E-state index < -0.39 is 17.4 Å². The van der Waals surface area contributed by atoms with E-state index in [1.807, 2.05) is 26.0 Å². The van der Waals surface area contributed by atoms with Gasteiger partial charge in [0.1, 0.15) is 5.82 Å². The molecular formula is C24H29F2N5O2. The Bertz CT molecular complexity index is 1010. The second-order valence-corrected chi connectivity index (χ2v) is 9.53. The van der Waals surface area contributed by atoms with Crippen LogP contribution in [0, 0.1) is 5.92 Å². The number of likely N-dealkylation sites (tertiary alicyclic amines) is 1. The number of carbonyl (C=O) groups is 2. The van der Waals surface area contributed by atoms with Gasteiger partial charge in [-0.1, -0.05) is 6.07 Å². The van der Waals surface area contributed by atoms with Crippen LogP contribution in [0.15, 0.2) is 42.9 Å². The Balaban J connectivity index is 1.34. The number of alkyl halides is 2. The largest absolute Gasteiger partial charge is 0.361 e. The molecule has 0 bridgehead atoms. The van der Waals surface area contributed by atoms with Crippen LogP contribution in [0.3, 0.4) is 0 Å². The molecule has 9 heteroatoms. The van der Waals surface area contributed by atoms with Crippen molar-refractivity contribution < 1.29 is 18.4 Å². The van der Waals surface area contributed by atoms with E-state index >= 15 is 0 Å². The number of pyridine rings is 2. The molecule has 0 radical (unpaired) electrons. The number of carbonyl (C=O) groups excluding carboxylic acids is 2. The summed E-state index contributed by atoms with van der Waals surface area (Å²) in [5.41, 5.74) is 1.09. The fourth-order valence-corrected chi connectivity index (χ4v) is 4.45. The second kappa shape index (κ2) is 8.68. The van der Waals surface area contributed by atoms with Crippen LogP contribution in [0.2, 0.25) is 0 Å². The Kier molecular flexibility index (Phi) is 6.07. The minimum absolute atomic E-state index is 0.154. The van der Waals surface area contributed by atoms with Gasteiger partial charge in [0, 0.05) is 57.5 Å². The predicted octanol–water partition coefficient (Wildman–Crippen LogP) is 3.54. The number of hydrogen-bond acceptors (Lipinski definition) is 5. The molecule has 33 heavy (non-hydrogen) atoms. The monoisotopic (exact) mass is 457 g/mol. The minimum Gasteiger partial charge on any atom is -0.361 e. The zero-order chi connectivity index (χ0) is 23.8. The molecule has 1 atom stereocenters. The highest BCUT2D eigenvalue weighted by atomic mass is 19.3. The molecule has 0 unspecified atom stereocenters. The van der Waals surface area contributed by atoms with Gasteiger partial charge in [-0.3, -0.25) is 14.6 Å². The van der Waals surface area contributed by atoms with E-state index in [0.29, 0.717) is 30.9 Å². The normalized spacial score (nSPS) is 20.3. The summed E-state index contributed by atoms with van der Waals surface area (Å²) < 4.78 is 26.2. The van der Waals surface area contributed by atoms with Gasteiger partial charge in [0.2, 0.25) is 11.8 Å². The van der Waals surface area contributed by atoms with Crippen molar-refractivity contribution in [3.05, 3.63) is 54.0 Å². The first kappa shape index (κ1) is 23.1. The fraction of sp³-hybridized carbons (Fsp3) is 0.500. The van der Waals surface area contributed by atoms with Gasteiger partial charge in [0.25, 0.3) is 5.91 Å². The summed E-state index contributed by atoms with van der Waals surface area (Å²) in [7, 11) is 1.64. The van der Waals surface area contributed by atoms with Crippen molar-refractivity contribution in [2.24, 2.45) is 5.92 Å². The van der Waals surface area contributed by atoms with Gasteiger partial charge in [-0.2, -0.15) is 0 Å². The molecule has 2 aliphatic rings. The van der Waals surface area contributed by atoms with E-state index in [9.17, 15) is 18.4 Å². The topological polar surface area (TPSA) is 78.4 Å². The first-order valence-electron chi connectivity index (χ1n) is 11.1. The number of amides is 2. The number of nitrogens with one attached hydrogen (secondary N) is 1. The van der Waals surface area contributed by atoms with Crippen LogP contribution < -0.4 is 5.32 Å². The van der Waals surface area contributed by atoms with Crippen LogP contribution in [0.4, 0.5) is 14.6 Å². The number of halogens is 2. The maximum atomic E-state index is 13.1. The van der Waals surface area contributed by atoms with Crippen LogP contribution in [-0.2, 0) is 10.3 Å². The van der Waals surface area contributed by atoms with Crippen molar-refractivity contribution in [2.45, 2.75) is 50.6 Å². The maximum Gasteiger partial charge on any atom is 0.255 e. The van der Waals surface area contributed by atoms with Gasteiger partial charge < -0.3 is 15.1 Å². The standard InChI is InChI=1S/C24H29F2N5O2/c1-23(2,18-5-4-9-27-14-18)29-20-7-6-16(13-28-20)22(33)31-10-8-19(15-31)30(3)21(32)17-11-24(25,26)12-17/h4-7,9,13-14,17,19H,8,10-12,15H2,1-3H3,(H,28,29)/t19-/m0/s1. The Morgan fingerprint density at radius 2 is 1.97 bits per heavy atom. The number of hydrogen-bond donors (Lipinski definition) is 1. The van der Waals surface area contributed by atoms with E-state index in [1.165, 1.54) is 0 Å². The first-order valence-corrected chi connectivity index (χ1v) is 11.1. The maximum absolute atomic E-state index is 13.1. The van der Waals surface area contributed by atoms with Crippen molar-refractivity contribution in [1.82, 2.24) is 19.8 Å². The summed E-state index contributed by atoms with van der Waals surface area (Å²) in [5.74, 6) is -3.11. The highest BCUT2D eigenvalue weighted by molar-refractivity contribution is 5.94. The summed E-state index contributed by atoms with van der Waals surface area (Å²) in [6, 6.07) is 7.20. The van der Waals surface area contributed by atoms with Gasteiger partial charge in [0.15, 0.2) is 0 Å². The SMILES string of the molecule is CN(C(=O)C1CC(F)(F)C1)[C@H]1CCN(C(=O)c2ccc(NC(C)(C)c3cccnc3)nc2)C1. The van der Waals surface area contributed by atoms with Crippen molar-refractivity contribution in [1.29, 1.82) is 0 Å². The lowest BCUT2D eigenvalue weighted by molar-refractivity contribution is -0.160. The van der Waals surface area contributed by atoms with E-state index in [1.54, 1.807) is 47.6 Å². The molecule has 1 saturated heterocycles. The van der Waals surface area contributed by atoms with Crippen molar-refractivity contribution in [3.8, 4) is 0 Å². The highest BCUT2D eigenvalue weighted by Crippen LogP contribution is 2.43. The number of nitrogens with zero attached hydrogens (tertiary/aromatic N) is 4. The molecule has 2 fully saturated rings. The Labute approximate surface area is 192 Å². The third-order valence-corrected chi connectivity index (χ3v) is 6.62. The predicted molar refractivity (Wildman–Crippen MR) is 120 cm³/mol. The number of likely N-dealkylation sites (N-methyl/N-ethyl adjacent to an activating group) is 1. The van der Waals surface area contributed by atoms with E-state index in [-0.39, 0.29) is 30.7 Å². The zero-order valence-electron chi connectivity index (χ0n) is 19.1. The molecule has 3 heterocycles. The van der Waals surface area contributed by atoms with E-state index in [2.05, 4.69) is 15.3 Å². The van der Waals surface area contributed by atoms with Gasteiger partial charge in [-0.25, -0.2) is 13.8 Å². The molecule has 2 amide bonds. The molecule has 0 spiro atoms. The highest BCUT2D eigenvalue weighted by Gasteiger charge is 2.50. The summed E-state index contributed by atoms with van der Waals surface area (Å²) in [6.07, 6.45) is 4.93. The van der Waals surface area contributed by atoms with Crippen molar-refractivity contribution in [3.63, 3.8) is 0 Å². The van der Waals surface area contributed by atoms with Crippen LogP contribution in [-0.4, -0.2) is 63.7 Å².